The van der Waals surface area contributed by atoms with Crippen molar-refractivity contribution >= 4 is 15.7 Å². The molecule has 0 unspecified atom stereocenters. The molecular formula is C18H25NO3S. The monoisotopic (exact) mass is 335 g/mol. The molecule has 0 heterocycles. The molecule has 0 saturated heterocycles. The van der Waals surface area contributed by atoms with Gasteiger partial charge in [0, 0.05) is 23.9 Å². The highest BCUT2D eigenvalue weighted by Gasteiger charge is 2.38. The van der Waals surface area contributed by atoms with Crippen LogP contribution >= 0.6 is 0 Å². The van der Waals surface area contributed by atoms with Gasteiger partial charge in [0.15, 0.2) is 9.84 Å². The predicted octanol–water partition coefficient (Wildman–Crippen LogP) is 3.27. The van der Waals surface area contributed by atoms with Crippen LogP contribution in [0.1, 0.15) is 55.8 Å². The average Bonchev–Trinajstić information content (AvgIpc) is 3.33. The van der Waals surface area contributed by atoms with Crippen molar-refractivity contribution in [3.63, 3.8) is 0 Å². The zero-order valence-electron chi connectivity index (χ0n) is 13.9. The molecule has 0 spiro atoms. The third-order valence-corrected chi connectivity index (χ3v) is 6.21. The molecule has 2 aliphatic rings. The fourth-order valence-electron chi connectivity index (χ4n) is 3.50. The summed E-state index contributed by atoms with van der Waals surface area (Å²) in [6.07, 6.45) is 7.93. The molecule has 3 rings (SSSR count). The molecule has 1 aromatic carbocycles. The number of carbonyl (C=O) groups is 1. The molecule has 0 aromatic heterocycles. The summed E-state index contributed by atoms with van der Waals surface area (Å²) < 4.78 is 23.1. The lowest BCUT2D eigenvalue weighted by Crippen LogP contribution is -2.43. The number of rotatable bonds is 4. The average molecular weight is 335 g/mol. The lowest BCUT2D eigenvalue weighted by molar-refractivity contribution is 0.0593. The normalized spacial score (nSPS) is 25.1. The molecule has 4 nitrogen and oxygen atoms in total. The Labute approximate surface area is 138 Å². The van der Waals surface area contributed by atoms with Gasteiger partial charge in [0.05, 0.1) is 4.90 Å². The Kier molecular flexibility index (Phi) is 4.50. The summed E-state index contributed by atoms with van der Waals surface area (Å²) >= 11 is 0. The van der Waals surface area contributed by atoms with Crippen LogP contribution in [-0.4, -0.2) is 37.6 Å². The van der Waals surface area contributed by atoms with E-state index in [0.29, 0.717) is 17.6 Å². The van der Waals surface area contributed by atoms with Gasteiger partial charge in [-0.05, 0) is 68.7 Å². The van der Waals surface area contributed by atoms with Crippen molar-refractivity contribution in [2.75, 3.05) is 6.26 Å². The first-order valence-corrected chi connectivity index (χ1v) is 10.4. The van der Waals surface area contributed by atoms with Gasteiger partial charge >= 0.3 is 0 Å². The first-order chi connectivity index (χ1) is 10.9. The topological polar surface area (TPSA) is 54.5 Å². The Hall–Kier alpha value is -1.36. The first kappa shape index (κ1) is 16.5. The van der Waals surface area contributed by atoms with E-state index in [1.54, 1.807) is 12.1 Å². The van der Waals surface area contributed by atoms with Gasteiger partial charge in [-0.1, -0.05) is 6.92 Å². The van der Waals surface area contributed by atoms with Crippen LogP contribution in [0.5, 0.6) is 0 Å². The van der Waals surface area contributed by atoms with E-state index < -0.39 is 9.84 Å². The summed E-state index contributed by atoms with van der Waals surface area (Å²) in [6.45, 7) is 2.28. The van der Waals surface area contributed by atoms with Gasteiger partial charge in [0.2, 0.25) is 0 Å². The molecule has 126 valence electrons. The second-order valence-electron chi connectivity index (χ2n) is 7.15. The number of sulfone groups is 1. The minimum absolute atomic E-state index is 0.0621. The highest BCUT2D eigenvalue weighted by atomic mass is 32.2. The SMILES string of the molecule is CC1CCC(N(C(=O)c2ccc(S(C)(=O)=O)cc2)C2CC2)CC1. The van der Waals surface area contributed by atoms with Crippen LogP contribution in [0.15, 0.2) is 29.2 Å². The summed E-state index contributed by atoms with van der Waals surface area (Å²) in [5.41, 5.74) is 0.600. The predicted molar refractivity (Wildman–Crippen MR) is 90.2 cm³/mol. The van der Waals surface area contributed by atoms with Crippen LogP contribution in [0.2, 0.25) is 0 Å². The van der Waals surface area contributed by atoms with Crippen molar-refractivity contribution in [2.24, 2.45) is 5.92 Å². The Morgan fingerprint density at radius 2 is 1.43 bits per heavy atom. The van der Waals surface area contributed by atoms with E-state index in [4.69, 9.17) is 0 Å². The number of hydrogen-bond donors (Lipinski definition) is 0. The number of benzene rings is 1. The third kappa shape index (κ3) is 3.77. The van der Waals surface area contributed by atoms with Crippen molar-refractivity contribution in [3.05, 3.63) is 29.8 Å². The van der Waals surface area contributed by atoms with E-state index in [2.05, 4.69) is 11.8 Å². The lowest BCUT2D eigenvalue weighted by atomic mass is 9.86. The minimum atomic E-state index is -3.22. The van der Waals surface area contributed by atoms with Gasteiger partial charge in [-0.15, -0.1) is 0 Å². The molecule has 2 aliphatic carbocycles. The van der Waals surface area contributed by atoms with E-state index >= 15 is 0 Å². The molecule has 1 aromatic rings. The smallest absolute Gasteiger partial charge is 0.254 e. The van der Waals surface area contributed by atoms with Crippen LogP contribution in [0.25, 0.3) is 0 Å². The van der Waals surface area contributed by atoms with E-state index in [0.717, 1.165) is 31.6 Å². The summed E-state index contributed by atoms with van der Waals surface area (Å²) in [4.78, 5) is 15.3. The molecule has 1 amide bonds. The van der Waals surface area contributed by atoms with E-state index in [1.165, 1.54) is 31.2 Å². The van der Waals surface area contributed by atoms with Crippen LogP contribution in [0.4, 0.5) is 0 Å². The van der Waals surface area contributed by atoms with Gasteiger partial charge in [0.1, 0.15) is 0 Å². The highest BCUT2D eigenvalue weighted by Crippen LogP contribution is 2.36. The second-order valence-corrected chi connectivity index (χ2v) is 9.17. The van der Waals surface area contributed by atoms with Crippen LogP contribution in [0, 0.1) is 5.92 Å². The third-order valence-electron chi connectivity index (χ3n) is 5.08. The molecular weight excluding hydrogens is 310 g/mol. The molecule has 0 N–H and O–H groups in total. The van der Waals surface area contributed by atoms with Crippen molar-refractivity contribution in [1.82, 2.24) is 4.90 Å². The maximum Gasteiger partial charge on any atom is 0.254 e. The second kappa shape index (κ2) is 6.27. The minimum Gasteiger partial charge on any atom is -0.333 e. The molecule has 2 fully saturated rings. The van der Waals surface area contributed by atoms with E-state index in [-0.39, 0.29) is 10.8 Å². The molecule has 0 atom stereocenters. The van der Waals surface area contributed by atoms with Crippen LogP contribution < -0.4 is 0 Å². The Morgan fingerprint density at radius 1 is 0.957 bits per heavy atom. The maximum atomic E-state index is 12.9. The fourth-order valence-corrected chi connectivity index (χ4v) is 4.13. The summed E-state index contributed by atoms with van der Waals surface area (Å²) in [5.74, 6) is 0.823. The standard InChI is InChI=1S/C18H25NO3S/c1-13-3-7-15(8-4-13)19(16-9-10-16)18(20)14-5-11-17(12-6-14)23(2,21)22/h5-6,11-13,15-16H,3-4,7-10H2,1-2H3. The first-order valence-electron chi connectivity index (χ1n) is 8.49. The highest BCUT2D eigenvalue weighted by molar-refractivity contribution is 7.90. The van der Waals surface area contributed by atoms with Gasteiger partial charge in [-0.3, -0.25) is 4.79 Å². The van der Waals surface area contributed by atoms with Gasteiger partial charge in [-0.25, -0.2) is 8.42 Å². The number of nitrogens with zero attached hydrogens (tertiary/aromatic N) is 1. The zero-order valence-corrected chi connectivity index (χ0v) is 14.7. The van der Waals surface area contributed by atoms with Gasteiger partial charge < -0.3 is 4.90 Å². The largest absolute Gasteiger partial charge is 0.333 e. The number of amides is 1. The Morgan fingerprint density at radius 3 is 1.87 bits per heavy atom. The molecule has 0 bridgehead atoms. The number of hydrogen-bond acceptors (Lipinski definition) is 3. The maximum absolute atomic E-state index is 12.9. The lowest BCUT2D eigenvalue weighted by Gasteiger charge is -2.36. The van der Waals surface area contributed by atoms with Crippen molar-refractivity contribution < 1.29 is 13.2 Å². The van der Waals surface area contributed by atoms with Gasteiger partial charge in [0.25, 0.3) is 5.91 Å². The van der Waals surface area contributed by atoms with Crippen LogP contribution in [-0.2, 0) is 9.84 Å². The molecule has 5 heteroatoms. The van der Waals surface area contributed by atoms with E-state index in [9.17, 15) is 13.2 Å². The summed E-state index contributed by atoms with van der Waals surface area (Å²) in [6, 6.07) is 7.11. The van der Waals surface area contributed by atoms with E-state index in [1.807, 2.05) is 0 Å². The van der Waals surface area contributed by atoms with Crippen molar-refractivity contribution in [2.45, 2.75) is 62.4 Å². The molecule has 2 saturated carbocycles. The zero-order chi connectivity index (χ0) is 16.6. The molecule has 0 radical (unpaired) electrons. The van der Waals surface area contributed by atoms with Crippen LogP contribution in [0.3, 0.4) is 0 Å². The summed E-state index contributed by atoms with van der Waals surface area (Å²) in [5, 5.41) is 0. The Balaban J connectivity index is 1.79. The summed E-state index contributed by atoms with van der Waals surface area (Å²) in [7, 11) is -3.22. The molecule has 0 aliphatic heterocycles. The van der Waals surface area contributed by atoms with Crippen molar-refractivity contribution in [1.29, 1.82) is 0 Å². The van der Waals surface area contributed by atoms with Crippen molar-refractivity contribution in [3.8, 4) is 0 Å². The quantitative estimate of drug-likeness (QED) is 0.848. The molecule has 23 heavy (non-hydrogen) atoms. The number of carbonyl (C=O) groups excluding carboxylic acids is 1. The van der Waals surface area contributed by atoms with Gasteiger partial charge in [-0.2, -0.15) is 0 Å². The Bertz CT molecular complexity index is 669. The fraction of sp³-hybridized carbons (Fsp3) is 0.611.